The van der Waals surface area contributed by atoms with Gasteiger partial charge in [-0.25, -0.2) is 18.7 Å². The van der Waals surface area contributed by atoms with Gasteiger partial charge in [0.1, 0.15) is 17.0 Å². The third-order valence-electron chi connectivity index (χ3n) is 5.06. The molecule has 1 N–H and O–H groups in total. The minimum absolute atomic E-state index is 0.148. The number of anilines is 1. The van der Waals surface area contributed by atoms with E-state index >= 15 is 0 Å². The van der Waals surface area contributed by atoms with Crippen molar-refractivity contribution < 1.29 is 8.78 Å². The summed E-state index contributed by atoms with van der Waals surface area (Å²) in [5, 5.41) is 3.54. The highest BCUT2D eigenvalue weighted by Gasteiger charge is 2.20. The lowest BCUT2D eigenvalue weighted by Crippen LogP contribution is -2.12. The molecule has 0 aromatic carbocycles. The minimum Gasteiger partial charge on any atom is -0.374 e. The first-order valence-corrected chi connectivity index (χ1v) is 12.5. The minimum atomic E-state index is -0.511. The van der Waals surface area contributed by atoms with Crippen LogP contribution in [0.1, 0.15) is 24.4 Å². The van der Waals surface area contributed by atoms with Crippen molar-refractivity contribution >= 4 is 41.7 Å². The highest BCUT2D eigenvalue weighted by atomic mass is 35.5. The van der Waals surface area contributed by atoms with Crippen molar-refractivity contribution in [3.8, 4) is 11.3 Å². The first-order valence-electron chi connectivity index (χ1n) is 9.93. The third kappa shape index (κ3) is 4.27. The van der Waals surface area contributed by atoms with E-state index in [-0.39, 0.29) is 19.3 Å². The van der Waals surface area contributed by atoms with E-state index in [0.717, 1.165) is 5.44 Å². The molecule has 0 aliphatic rings. The van der Waals surface area contributed by atoms with Crippen LogP contribution in [-0.4, -0.2) is 33.3 Å². The maximum atomic E-state index is 15.0. The number of halogens is 3. The number of hydrogen-bond acceptors (Lipinski definition) is 5. The van der Waals surface area contributed by atoms with Crippen LogP contribution in [0.25, 0.3) is 22.3 Å². The van der Waals surface area contributed by atoms with Gasteiger partial charge >= 0.3 is 0 Å². The lowest BCUT2D eigenvalue weighted by atomic mass is 10.1. The van der Waals surface area contributed by atoms with Gasteiger partial charge in [0.15, 0.2) is 5.82 Å². The Morgan fingerprint density at radius 3 is 2.50 bits per heavy atom. The highest BCUT2D eigenvalue weighted by molar-refractivity contribution is 7.63. The highest BCUT2D eigenvalue weighted by Crippen LogP contribution is 2.36. The molecule has 0 saturated carbocycles. The molecule has 4 aromatic heterocycles. The second kappa shape index (κ2) is 9.00. The average Bonchev–Trinajstić information content (AvgIpc) is 2.77. The number of nitrogens with zero attached hydrogens (tertiary/aromatic N) is 4. The van der Waals surface area contributed by atoms with E-state index in [0.29, 0.717) is 33.0 Å². The molecule has 164 valence electrons. The summed E-state index contributed by atoms with van der Waals surface area (Å²) in [7, 11) is -0.360. The van der Waals surface area contributed by atoms with Crippen molar-refractivity contribution in [2.24, 2.45) is 0 Å². The Morgan fingerprint density at radius 2 is 1.84 bits per heavy atom. The summed E-state index contributed by atoms with van der Waals surface area (Å²) >= 11 is 6.55. The van der Waals surface area contributed by atoms with Crippen LogP contribution in [0.4, 0.5) is 14.5 Å². The maximum absolute atomic E-state index is 15.0. The molecule has 9 heteroatoms. The molecule has 0 aliphatic carbocycles. The van der Waals surface area contributed by atoms with Gasteiger partial charge in [-0.05, 0) is 51.4 Å². The number of nitrogens with one attached hydrogen (secondary N) is 1. The molecule has 0 spiro atoms. The van der Waals surface area contributed by atoms with Crippen molar-refractivity contribution in [2.75, 3.05) is 18.6 Å². The molecule has 0 amide bonds. The summed E-state index contributed by atoms with van der Waals surface area (Å²) in [6.45, 7) is 7.70. The molecule has 4 rings (SSSR count). The van der Waals surface area contributed by atoms with E-state index in [9.17, 15) is 8.78 Å². The Bertz CT molecular complexity index is 1300. The average molecular weight is 472 g/mol. The first kappa shape index (κ1) is 22.4. The fourth-order valence-corrected chi connectivity index (χ4v) is 4.24. The standard InChI is InChI=1S/C23H21ClF2N5P/c1-12-19(24)23(30-13(2)20-15(25)6-5-9-27-20)22-17(29-12)10-16(26)21(31-22)14-7-8-18(28-11-14)32(3)4/h5-11,13H,1-4H3,(H,29,30). The Balaban J connectivity index is 1.84. The Kier molecular flexibility index (Phi) is 6.31. The van der Waals surface area contributed by atoms with Gasteiger partial charge in [-0.1, -0.05) is 19.5 Å². The summed E-state index contributed by atoms with van der Waals surface area (Å²) in [5.41, 5.74) is 3.60. The number of pyridine rings is 4. The zero-order valence-electron chi connectivity index (χ0n) is 18.0. The van der Waals surface area contributed by atoms with Crippen LogP contribution in [0.3, 0.4) is 0 Å². The summed E-state index contributed by atoms with van der Waals surface area (Å²) < 4.78 is 29.2. The van der Waals surface area contributed by atoms with Crippen LogP contribution in [0.15, 0.2) is 42.7 Å². The summed E-state index contributed by atoms with van der Waals surface area (Å²) in [4.78, 5) is 17.5. The monoisotopic (exact) mass is 471 g/mol. The van der Waals surface area contributed by atoms with Gasteiger partial charge in [-0.3, -0.25) is 9.97 Å². The van der Waals surface area contributed by atoms with E-state index in [2.05, 4.69) is 38.6 Å². The van der Waals surface area contributed by atoms with Gasteiger partial charge in [0.2, 0.25) is 0 Å². The van der Waals surface area contributed by atoms with E-state index in [1.807, 2.05) is 12.1 Å². The van der Waals surface area contributed by atoms with Crippen LogP contribution < -0.4 is 10.8 Å². The number of aryl methyl sites for hydroxylation is 1. The van der Waals surface area contributed by atoms with E-state index in [1.54, 1.807) is 20.0 Å². The molecule has 4 heterocycles. The Hall–Kier alpha value is -2.76. The van der Waals surface area contributed by atoms with Crippen LogP contribution in [-0.2, 0) is 0 Å². The molecule has 0 radical (unpaired) electrons. The number of hydrogen-bond donors (Lipinski definition) is 1. The van der Waals surface area contributed by atoms with Crippen molar-refractivity contribution in [1.29, 1.82) is 0 Å². The Morgan fingerprint density at radius 1 is 1.06 bits per heavy atom. The summed E-state index contributed by atoms with van der Waals surface area (Å²) in [5.74, 6) is -0.942. The van der Waals surface area contributed by atoms with Gasteiger partial charge in [-0.15, -0.1) is 0 Å². The predicted octanol–water partition coefficient (Wildman–Crippen LogP) is 5.87. The van der Waals surface area contributed by atoms with Crippen LogP contribution >= 0.6 is 19.5 Å². The summed E-state index contributed by atoms with van der Waals surface area (Å²) in [6, 6.07) is 7.39. The second-order valence-electron chi connectivity index (χ2n) is 7.61. The van der Waals surface area contributed by atoms with Crippen molar-refractivity contribution in [3.63, 3.8) is 0 Å². The molecule has 1 atom stereocenters. The fraction of sp³-hybridized carbons (Fsp3) is 0.217. The SMILES string of the molecule is Cc1nc2cc(F)c(-c3ccc(P(C)C)nc3)nc2c(NC(C)c2ncccc2F)c1Cl. The second-order valence-corrected chi connectivity index (χ2v) is 10.2. The van der Waals surface area contributed by atoms with Crippen molar-refractivity contribution in [2.45, 2.75) is 19.9 Å². The van der Waals surface area contributed by atoms with Crippen LogP contribution in [0, 0.1) is 18.6 Å². The molecule has 0 fully saturated rings. The van der Waals surface area contributed by atoms with Gasteiger partial charge in [0, 0.05) is 24.0 Å². The maximum Gasteiger partial charge on any atom is 0.151 e. The van der Waals surface area contributed by atoms with Crippen LogP contribution in [0.2, 0.25) is 5.02 Å². The molecular formula is C23H21ClF2N5P. The van der Waals surface area contributed by atoms with E-state index in [4.69, 9.17) is 11.6 Å². The van der Waals surface area contributed by atoms with Crippen molar-refractivity contribution in [3.05, 3.63) is 70.8 Å². The fourth-order valence-electron chi connectivity index (χ4n) is 3.39. The van der Waals surface area contributed by atoms with Crippen LogP contribution in [0.5, 0.6) is 0 Å². The zero-order valence-corrected chi connectivity index (χ0v) is 19.6. The lowest BCUT2D eigenvalue weighted by Gasteiger charge is -2.19. The topological polar surface area (TPSA) is 63.6 Å². The van der Waals surface area contributed by atoms with E-state index < -0.39 is 17.7 Å². The molecule has 0 bridgehead atoms. The third-order valence-corrected chi connectivity index (χ3v) is 6.70. The van der Waals surface area contributed by atoms with Gasteiger partial charge in [-0.2, -0.15) is 0 Å². The molecular weight excluding hydrogens is 451 g/mol. The van der Waals surface area contributed by atoms with Crippen molar-refractivity contribution in [1.82, 2.24) is 19.9 Å². The largest absolute Gasteiger partial charge is 0.374 e. The number of rotatable bonds is 5. The summed E-state index contributed by atoms with van der Waals surface area (Å²) in [6.07, 6.45) is 3.14. The molecule has 0 aliphatic heterocycles. The predicted molar refractivity (Wildman–Crippen MR) is 127 cm³/mol. The molecule has 32 heavy (non-hydrogen) atoms. The zero-order chi connectivity index (χ0) is 23.0. The quantitative estimate of drug-likeness (QED) is 0.369. The Labute approximate surface area is 191 Å². The van der Waals surface area contributed by atoms with Gasteiger partial charge in [0.25, 0.3) is 0 Å². The molecule has 5 nitrogen and oxygen atoms in total. The van der Waals surface area contributed by atoms with Gasteiger partial charge < -0.3 is 5.32 Å². The number of fused-ring (bicyclic) bond motifs is 1. The first-order chi connectivity index (χ1) is 15.3. The smallest absolute Gasteiger partial charge is 0.151 e. The normalized spacial score (nSPS) is 12.4. The lowest BCUT2D eigenvalue weighted by molar-refractivity contribution is 0.587. The van der Waals surface area contributed by atoms with Gasteiger partial charge in [0.05, 0.1) is 39.1 Å². The molecule has 4 aromatic rings. The van der Waals surface area contributed by atoms with E-state index in [1.165, 1.54) is 24.4 Å². The molecule has 1 unspecified atom stereocenters. The number of aromatic nitrogens is 4. The molecule has 0 saturated heterocycles.